The summed E-state index contributed by atoms with van der Waals surface area (Å²) in [5.74, 6) is -0.312. The van der Waals surface area contributed by atoms with Gasteiger partial charge in [0.15, 0.2) is 0 Å². The van der Waals surface area contributed by atoms with Gasteiger partial charge in [-0.2, -0.15) is 0 Å². The average molecular weight is 377 g/mol. The zero-order valence-electron chi connectivity index (χ0n) is 15.0. The minimum atomic E-state index is -2.93. The van der Waals surface area contributed by atoms with Crippen molar-refractivity contribution in [3.05, 3.63) is 58.7 Å². The van der Waals surface area contributed by atoms with Crippen LogP contribution in [-0.4, -0.2) is 22.6 Å². The molecule has 0 atom stereocenters. The van der Waals surface area contributed by atoms with Crippen LogP contribution in [0, 0.1) is 12.7 Å². The number of rotatable bonds is 5. The molecular weight excluding hydrogens is 359 g/mol. The molecule has 0 radical (unpaired) electrons. The van der Waals surface area contributed by atoms with E-state index in [0.717, 1.165) is 34.6 Å². The number of aryl methyl sites for hydroxylation is 2. The molecule has 1 aromatic heterocycles. The molecular formula is C19H18F3N3O2. The Balaban J connectivity index is 1.88. The fourth-order valence-electron chi connectivity index (χ4n) is 2.96. The van der Waals surface area contributed by atoms with Gasteiger partial charge in [0, 0.05) is 24.7 Å². The number of benzene rings is 2. The number of fused-ring (bicyclic) bond motifs is 1. The molecule has 0 saturated carbocycles. The van der Waals surface area contributed by atoms with Crippen molar-refractivity contribution in [1.82, 2.24) is 14.9 Å². The van der Waals surface area contributed by atoms with E-state index in [0.29, 0.717) is 5.75 Å². The lowest BCUT2D eigenvalue weighted by atomic mass is 10.1. The second kappa shape index (κ2) is 7.30. The van der Waals surface area contributed by atoms with E-state index in [1.54, 1.807) is 6.07 Å². The lowest BCUT2D eigenvalue weighted by molar-refractivity contribution is 0.0949. The number of methoxy groups -OCH3 is 1. The van der Waals surface area contributed by atoms with E-state index >= 15 is 0 Å². The van der Waals surface area contributed by atoms with Gasteiger partial charge >= 0.3 is 0 Å². The summed E-state index contributed by atoms with van der Waals surface area (Å²) in [7, 11) is 3.38. The summed E-state index contributed by atoms with van der Waals surface area (Å²) < 4.78 is 46.3. The minimum Gasteiger partial charge on any atom is -0.496 e. The summed E-state index contributed by atoms with van der Waals surface area (Å²) in [6.45, 7) is 1.97. The standard InChI is InChI=1S/C19H18F3N3O2/c1-10-24-15-6-7-16(27-3)13(17(15)25(10)2)9-23-19(26)11-4-5-12(18(21)22)14(20)8-11/h4-8,18H,9H2,1-3H3,(H,23,26). The maximum Gasteiger partial charge on any atom is 0.266 e. The summed E-state index contributed by atoms with van der Waals surface area (Å²) in [6.07, 6.45) is -2.93. The van der Waals surface area contributed by atoms with E-state index in [4.69, 9.17) is 4.74 Å². The van der Waals surface area contributed by atoms with Crippen LogP contribution in [0.25, 0.3) is 11.0 Å². The van der Waals surface area contributed by atoms with Gasteiger partial charge in [-0.25, -0.2) is 18.2 Å². The van der Waals surface area contributed by atoms with Crippen molar-refractivity contribution in [3.63, 3.8) is 0 Å². The summed E-state index contributed by atoms with van der Waals surface area (Å²) in [5.41, 5.74) is 1.52. The summed E-state index contributed by atoms with van der Waals surface area (Å²) in [5, 5.41) is 2.68. The molecule has 8 heteroatoms. The highest BCUT2D eigenvalue weighted by molar-refractivity contribution is 5.94. The first-order valence-corrected chi connectivity index (χ1v) is 8.18. The van der Waals surface area contributed by atoms with Gasteiger partial charge < -0.3 is 14.6 Å². The molecule has 5 nitrogen and oxygen atoms in total. The van der Waals surface area contributed by atoms with Crippen molar-refractivity contribution in [2.45, 2.75) is 19.9 Å². The first-order chi connectivity index (χ1) is 12.8. The average Bonchev–Trinajstić information content (AvgIpc) is 2.93. The molecule has 3 aromatic rings. The predicted octanol–water partition coefficient (Wildman–Crippen LogP) is 3.90. The molecule has 142 valence electrons. The summed E-state index contributed by atoms with van der Waals surface area (Å²) in [6, 6.07) is 6.48. The Hall–Kier alpha value is -3.03. The number of ether oxygens (including phenoxy) is 1. The van der Waals surface area contributed by atoms with Gasteiger partial charge in [0.05, 0.1) is 23.7 Å². The SMILES string of the molecule is COc1ccc2nc(C)n(C)c2c1CNC(=O)c1ccc(C(F)F)c(F)c1. The van der Waals surface area contributed by atoms with E-state index in [1.165, 1.54) is 13.2 Å². The number of nitrogens with zero attached hydrogens (tertiary/aromatic N) is 2. The van der Waals surface area contributed by atoms with Crippen molar-refractivity contribution in [3.8, 4) is 5.75 Å². The number of aromatic nitrogens is 2. The van der Waals surface area contributed by atoms with Gasteiger partial charge in [-0.1, -0.05) is 0 Å². The van der Waals surface area contributed by atoms with Crippen LogP contribution < -0.4 is 10.1 Å². The molecule has 0 saturated heterocycles. The zero-order chi connectivity index (χ0) is 19.7. The maximum absolute atomic E-state index is 13.7. The highest BCUT2D eigenvalue weighted by Gasteiger charge is 2.18. The zero-order valence-corrected chi connectivity index (χ0v) is 15.0. The molecule has 27 heavy (non-hydrogen) atoms. The molecule has 0 unspecified atom stereocenters. The molecule has 2 aromatic carbocycles. The van der Waals surface area contributed by atoms with Crippen molar-refractivity contribution < 1.29 is 22.7 Å². The van der Waals surface area contributed by atoms with Crippen LogP contribution in [0.3, 0.4) is 0 Å². The van der Waals surface area contributed by atoms with Crippen LogP contribution in [0.5, 0.6) is 5.75 Å². The molecule has 1 heterocycles. The number of hydrogen-bond acceptors (Lipinski definition) is 3. The topological polar surface area (TPSA) is 56.1 Å². The Bertz CT molecular complexity index is 1020. The van der Waals surface area contributed by atoms with Crippen molar-refractivity contribution in [2.24, 2.45) is 7.05 Å². The van der Waals surface area contributed by atoms with E-state index in [2.05, 4.69) is 10.3 Å². The third-order valence-corrected chi connectivity index (χ3v) is 4.46. The molecule has 0 aliphatic rings. The van der Waals surface area contributed by atoms with E-state index < -0.39 is 23.7 Å². The summed E-state index contributed by atoms with van der Waals surface area (Å²) in [4.78, 5) is 16.8. The number of amides is 1. The van der Waals surface area contributed by atoms with Gasteiger partial charge in [0.25, 0.3) is 12.3 Å². The largest absolute Gasteiger partial charge is 0.496 e. The molecule has 0 aliphatic carbocycles. The number of halogens is 3. The highest BCUT2D eigenvalue weighted by Crippen LogP contribution is 2.28. The molecule has 0 spiro atoms. The van der Waals surface area contributed by atoms with Crippen LogP contribution in [0.15, 0.2) is 30.3 Å². The van der Waals surface area contributed by atoms with Gasteiger partial charge in [-0.15, -0.1) is 0 Å². The molecule has 1 N–H and O–H groups in total. The van der Waals surface area contributed by atoms with Gasteiger partial charge in [0.2, 0.25) is 0 Å². The van der Waals surface area contributed by atoms with E-state index in [-0.39, 0.29) is 12.1 Å². The van der Waals surface area contributed by atoms with Crippen LogP contribution in [0.4, 0.5) is 13.2 Å². The predicted molar refractivity (Wildman–Crippen MR) is 94.5 cm³/mol. The van der Waals surface area contributed by atoms with Crippen LogP contribution in [0.2, 0.25) is 0 Å². The lowest BCUT2D eigenvalue weighted by Crippen LogP contribution is -2.23. The Morgan fingerprint density at radius 1 is 1.30 bits per heavy atom. The van der Waals surface area contributed by atoms with Crippen LogP contribution >= 0.6 is 0 Å². The smallest absolute Gasteiger partial charge is 0.266 e. The number of hydrogen-bond donors (Lipinski definition) is 1. The Kier molecular flexibility index (Phi) is 5.07. The number of carbonyl (C=O) groups excluding carboxylic acids is 1. The number of carbonyl (C=O) groups is 1. The number of alkyl halides is 2. The monoisotopic (exact) mass is 377 g/mol. The van der Waals surface area contributed by atoms with E-state index in [9.17, 15) is 18.0 Å². The third kappa shape index (κ3) is 3.47. The molecule has 3 rings (SSSR count). The lowest BCUT2D eigenvalue weighted by Gasteiger charge is -2.13. The van der Waals surface area contributed by atoms with Crippen LogP contribution in [0.1, 0.15) is 33.7 Å². The van der Waals surface area contributed by atoms with E-state index in [1.807, 2.05) is 24.6 Å². The third-order valence-electron chi connectivity index (χ3n) is 4.46. The molecule has 0 bridgehead atoms. The van der Waals surface area contributed by atoms with Gasteiger partial charge in [0.1, 0.15) is 17.4 Å². The van der Waals surface area contributed by atoms with Gasteiger partial charge in [-0.05, 0) is 37.3 Å². The Labute approximate surface area is 153 Å². The Morgan fingerprint density at radius 3 is 2.67 bits per heavy atom. The first-order valence-electron chi connectivity index (χ1n) is 8.18. The van der Waals surface area contributed by atoms with Crippen LogP contribution in [-0.2, 0) is 13.6 Å². The second-order valence-corrected chi connectivity index (χ2v) is 6.05. The Morgan fingerprint density at radius 2 is 2.04 bits per heavy atom. The number of imidazole rings is 1. The first kappa shape index (κ1) is 18.8. The van der Waals surface area contributed by atoms with Crippen molar-refractivity contribution >= 4 is 16.9 Å². The van der Waals surface area contributed by atoms with Crippen molar-refractivity contribution in [2.75, 3.05) is 7.11 Å². The minimum absolute atomic E-state index is 0.0378. The normalized spacial score (nSPS) is 11.2. The molecule has 0 fully saturated rings. The summed E-state index contributed by atoms with van der Waals surface area (Å²) >= 11 is 0. The molecule has 0 aliphatic heterocycles. The molecule has 1 amide bonds. The van der Waals surface area contributed by atoms with Crippen molar-refractivity contribution in [1.29, 1.82) is 0 Å². The number of nitrogens with one attached hydrogen (secondary N) is 1. The maximum atomic E-state index is 13.7. The fourth-order valence-corrected chi connectivity index (χ4v) is 2.96. The quantitative estimate of drug-likeness (QED) is 0.734. The highest BCUT2D eigenvalue weighted by atomic mass is 19.3. The fraction of sp³-hybridized carbons (Fsp3) is 0.263. The van der Waals surface area contributed by atoms with Gasteiger partial charge in [-0.3, -0.25) is 4.79 Å². The second-order valence-electron chi connectivity index (χ2n) is 6.05.